The van der Waals surface area contributed by atoms with Crippen molar-refractivity contribution in [2.24, 2.45) is 5.92 Å². The number of hydrogen-bond donors (Lipinski definition) is 1. The topological polar surface area (TPSA) is 68.3 Å². The number of fused-ring (bicyclic) bond motifs is 1. The summed E-state index contributed by atoms with van der Waals surface area (Å²) in [6.45, 7) is 0.0779. The Kier molecular flexibility index (Phi) is 6.00. The van der Waals surface area contributed by atoms with E-state index in [4.69, 9.17) is 9.72 Å². The first-order chi connectivity index (χ1) is 14.2. The van der Waals surface area contributed by atoms with E-state index in [2.05, 4.69) is 11.4 Å². The third kappa shape index (κ3) is 4.71. The number of para-hydroxylation sites is 1. The van der Waals surface area contributed by atoms with Gasteiger partial charge in [-0.1, -0.05) is 54.6 Å². The number of ether oxygens (including phenoxy) is 1. The summed E-state index contributed by atoms with van der Waals surface area (Å²) >= 11 is 1.64. The molecule has 3 aromatic rings. The van der Waals surface area contributed by atoms with Gasteiger partial charge in [-0.3, -0.25) is 9.59 Å². The summed E-state index contributed by atoms with van der Waals surface area (Å²) in [5.74, 6) is -0.777. The van der Waals surface area contributed by atoms with E-state index in [1.165, 1.54) is 0 Å². The molecule has 1 aliphatic rings. The van der Waals surface area contributed by atoms with E-state index < -0.39 is 5.97 Å². The van der Waals surface area contributed by atoms with Crippen molar-refractivity contribution in [3.8, 4) is 0 Å². The van der Waals surface area contributed by atoms with Crippen molar-refractivity contribution in [2.75, 3.05) is 6.54 Å². The van der Waals surface area contributed by atoms with Gasteiger partial charge in [0.2, 0.25) is 5.91 Å². The first-order valence-corrected chi connectivity index (χ1v) is 10.5. The van der Waals surface area contributed by atoms with Crippen LogP contribution in [0.4, 0.5) is 0 Å². The molecule has 0 bridgehead atoms. The van der Waals surface area contributed by atoms with E-state index in [-0.39, 0.29) is 30.9 Å². The van der Waals surface area contributed by atoms with E-state index in [0.717, 1.165) is 27.2 Å². The molecule has 29 heavy (non-hydrogen) atoms. The van der Waals surface area contributed by atoms with Crippen molar-refractivity contribution in [2.45, 2.75) is 25.4 Å². The van der Waals surface area contributed by atoms with Crippen LogP contribution in [-0.4, -0.2) is 23.4 Å². The lowest BCUT2D eigenvalue weighted by Gasteiger charge is -2.25. The number of thiazole rings is 1. The summed E-state index contributed by atoms with van der Waals surface area (Å²) in [6, 6.07) is 17.5. The lowest BCUT2D eigenvalue weighted by Crippen LogP contribution is -2.38. The van der Waals surface area contributed by atoms with Crippen LogP contribution in [0.3, 0.4) is 0 Å². The molecule has 0 fully saturated rings. The summed E-state index contributed by atoms with van der Waals surface area (Å²) in [4.78, 5) is 29.6. The molecule has 1 aromatic heterocycles. The zero-order valence-electron chi connectivity index (χ0n) is 15.9. The number of nitrogens with one attached hydrogen (secondary N) is 1. The molecule has 148 valence electrons. The monoisotopic (exact) mass is 406 g/mol. The van der Waals surface area contributed by atoms with Crippen molar-refractivity contribution in [3.05, 3.63) is 77.3 Å². The number of rotatable bonds is 6. The zero-order valence-corrected chi connectivity index (χ0v) is 16.7. The highest BCUT2D eigenvalue weighted by Crippen LogP contribution is 2.38. The molecule has 2 unspecified atom stereocenters. The number of nitrogens with zero attached hydrogens (tertiary/aromatic N) is 1. The highest BCUT2D eigenvalue weighted by atomic mass is 32.1. The summed E-state index contributed by atoms with van der Waals surface area (Å²) < 4.78 is 6.36. The Labute approximate surface area is 173 Å². The normalized spacial score (nSPS) is 18.5. The van der Waals surface area contributed by atoms with Crippen LogP contribution in [0, 0.1) is 5.92 Å². The van der Waals surface area contributed by atoms with Crippen molar-refractivity contribution >= 4 is 33.4 Å². The van der Waals surface area contributed by atoms with Crippen LogP contribution in [0.5, 0.6) is 0 Å². The summed E-state index contributed by atoms with van der Waals surface area (Å²) in [5.41, 5.74) is 1.88. The Hall–Kier alpha value is -2.99. The summed E-state index contributed by atoms with van der Waals surface area (Å²) in [6.07, 6.45) is 5.55. The van der Waals surface area contributed by atoms with Gasteiger partial charge in [-0.15, -0.1) is 11.3 Å². The average molecular weight is 407 g/mol. The van der Waals surface area contributed by atoms with Gasteiger partial charge >= 0.3 is 5.97 Å². The smallest absolute Gasteiger partial charge is 0.325 e. The lowest BCUT2D eigenvalue weighted by atomic mass is 9.82. The predicted octanol–water partition coefficient (Wildman–Crippen LogP) is 4.21. The molecular weight excluding hydrogens is 384 g/mol. The van der Waals surface area contributed by atoms with E-state index >= 15 is 0 Å². The molecule has 1 heterocycles. The van der Waals surface area contributed by atoms with Gasteiger partial charge in [0.1, 0.15) is 13.2 Å². The van der Waals surface area contributed by atoms with Gasteiger partial charge in [-0.05, 0) is 30.5 Å². The highest BCUT2D eigenvalue weighted by Gasteiger charge is 2.32. The molecule has 5 nitrogen and oxygen atoms in total. The van der Waals surface area contributed by atoms with E-state index in [9.17, 15) is 9.59 Å². The van der Waals surface area contributed by atoms with Crippen LogP contribution in [0.1, 0.15) is 29.3 Å². The third-order valence-corrected chi connectivity index (χ3v) is 6.21. The van der Waals surface area contributed by atoms with E-state index in [0.29, 0.717) is 6.42 Å². The molecule has 0 saturated carbocycles. The van der Waals surface area contributed by atoms with Crippen molar-refractivity contribution < 1.29 is 14.3 Å². The second kappa shape index (κ2) is 9.01. The Morgan fingerprint density at radius 1 is 1.03 bits per heavy atom. The van der Waals surface area contributed by atoms with Crippen LogP contribution >= 0.6 is 11.3 Å². The Morgan fingerprint density at radius 3 is 2.62 bits per heavy atom. The maximum atomic E-state index is 12.8. The van der Waals surface area contributed by atoms with Gasteiger partial charge < -0.3 is 10.1 Å². The minimum Gasteiger partial charge on any atom is -0.460 e. The number of esters is 1. The molecule has 2 atom stereocenters. The molecule has 6 heteroatoms. The predicted molar refractivity (Wildman–Crippen MR) is 113 cm³/mol. The van der Waals surface area contributed by atoms with Gasteiger partial charge in [0, 0.05) is 5.92 Å². The maximum absolute atomic E-state index is 12.8. The van der Waals surface area contributed by atoms with Gasteiger partial charge in [0.05, 0.1) is 21.1 Å². The molecule has 2 aromatic carbocycles. The first-order valence-electron chi connectivity index (χ1n) is 9.68. The van der Waals surface area contributed by atoms with Crippen molar-refractivity contribution in [1.82, 2.24) is 10.3 Å². The standard InChI is InChI=1S/C23H22N2O3S/c26-21(28-15-16-8-2-1-3-9-16)14-24-22(27)17-10-4-5-11-18(17)23-25-19-12-6-7-13-20(19)29-23/h1-9,12-13,17-18H,10-11,14-15H2,(H,24,27). The number of benzene rings is 2. The number of hydrogen-bond acceptors (Lipinski definition) is 5. The van der Waals surface area contributed by atoms with Crippen LogP contribution in [0.2, 0.25) is 0 Å². The minimum absolute atomic E-state index is 0.0257. The Morgan fingerprint density at radius 2 is 1.79 bits per heavy atom. The Balaban J connectivity index is 1.36. The number of carbonyl (C=O) groups is 2. The summed E-state index contributed by atoms with van der Waals surface area (Å²) in [5, 5.41) is 3.73. The zero-order chi connectivity index (χ0) is 20.1. The van der Waals surface area contributed by atoms with E-state index in [1.807, 2.05) is 60.7 Å². The third-order valence-electron chi connectivity index (χ3n) is 5.05. The molecule has 1 aliphatic carbocycles. The quantitative estimate of drug-likeness (QED) is 0.492. The van der Waals surface area contributed by atoms with Gasteiger partial charge in [-0.25, -0.2) is 4.98 Å². The van der Waals surface area contributed by atoms with Gasteiger partial charge in [0.25, 0.3) is 0 Å². The maximum Gasteiger partial charge on any atom is 0.325 e. The molecule has 0 spiro atoms. The summed E-state index contributed by atoms with van der Waals surface area (Å²) in [7, 11) is 0. The molecule has 0 aliphatic heterocycles. The molecule has 1 N–H and O–H groups in total. The number of allylic oxidation sites excluding steroid dienone is 2. The van der Waals surface area contributed by atoms with Gasteiger partial charge in [-0.2, -0.15) is 0 Å². The minimum atomic E-state index is -0.440. The lowest BCUT2D eigenvalue weighted by molar-refractivity contribution is -0.145. The average Bonchev–Trinajstić information content (AvgIpc) is 3.21. The largest absolute Gasteiger partial charge is 0.460 e. The highest BCUT2D eigenvalue weighted by molar-refractivity contribution is 7.18. The van der Waals surface area contributed by atoms with Crippen molar-refractivity contribution in [3.63, 3.8) is 0 Å². The molecule has 0 radical (unpaired) electrons. The fourth-order valence-corrected chi connectivity index (χ4v) is 4.65. The van der Waals surface area contributed by atoms with Crippen LogP contribution in [-0.2, 0) is 20.9 Å². The molecule has 0 saturated heterocycles. The first kappa shape index (κ1) is 19.3. The molecular formula is C23H22N2O3S. The fourth-order valence-electron chi connectivity index (χ4n) is 3.50. The SMILES string of the molecule is O=C(CNC(=O)C1CC=CCC1c1nc2ccccc2s1)OCc1ccccc1. The molecule has 1 amide bonds. The second-order valence-electron chi connectivity index (χ2n) is 7.04. The number of amides is 1. The van der Waals surface area contributed by atoms with Crippen LogP contribution in [0.25, 0.3) is 10.2 Å². The number of aromatic nitrogens is 1. The fraction of sp³-hybridized carbons (Fsp3) is 0.261. The Bertz CT molecular complexity index is 996. The van der Waals surface area contributed by atoms with Crippen LogP contribution in [0.15, 0.2) is 66.7 Å². The molecule has 4 rings (SSSR count). The van der Waals surface area contributed by atoms with Crippen molar-refractivity contribution in [1.29, 1.82) is 0 Å². The van der Waals surface area contributed by atoms with E-state index in [1.54, 1.807) is 11.3 Å². The van der Waals surface area contributed by atoms with Crippen LogP contribution < -0.4 is 5.32 Å². The number of carbonyl (C=O) groups excluding carboxylic acids is 2. The second-order valence-corrected chi connectivity index (χ2v) is 8.10. The van der Waals surface area contributed by atoms with Gasteiger partial charge in [0.15, 0.2) is 0 Å².